The van der Waals surface area contributed by atoms with Gasteiger partial charge in [0.25, 0.3) is 0 Å². The van der Waals surface area contributed by atoms with Gasteiger partial charge in [-0.2, -0.15) is 11.3 Å². The van der Waals surface area contributed by atoms with Crippen LogP contribution in [0.15, 0.2) is 47.2 Å². The van der Waals surface area contributed by atoms with Gasteiger partial charge in [0.2, 0.25) is 5.95 Å². The van der Waals surface area contributed by atoms with E-state index in [1.165, 1.54) is 27.8 Å². The molecule has 0 bridgehead atoms. The third-order valence-corrected chi connectivity index (χ3v) is 7.23. The van der Waals surface area contributed by atoms with Gasteiger partial charge >= 0.3 is 0 Å². The maximum Gasteiger partial charge on any atom is 0.225 e. The van der Waals surface area contributed by atoms with Gasteiger partial charge < -0.3 is 14.8 Å². The highest BCUT2D eigenvalue weighted by atomic mass is 32.1. The zero-order valence-electron chi connectivity index (χ0n) is 17.3. The van der Waals surface area contributed by atoms with Gasteiger partial charge in [0.05, 0.1) is 11.4 Å². The average Bonchev–Trinajstić information content (AvgIpc) is 3.47. The molecule has 1 aromatic carbocycles. The number of anilines is 2. The molecular formula is C24H25N5S. The summed E-state index contributed by atoms with van der Waals surface area (Å²) in [5, 5.41) is 5.73. The number of hydrogen-bond donors (Lipinski definition) is 1. The van der Waals surface area contributed by atoms with E-state index in [1.807, 2.05) is 6.07 Å². The van der Waals surface area contributed by atoms with Crippen LogP contribution in [0.5, 0.6) is 0 Å². The zero-order chi connectivity index (χ0) is 20.2. The molecule has 152 valence electrons. The van der Waals surface area contributed by atoms with Crippen LogP contribution in [0.25, 0.3) is 22.2 Å². The highest BCUT2D eigenvalue weighted by Gasteiger charge is 2.42. The summed E-state index contributed by atoms with van der Waals surface area (Å²) in [6.45, 7) is 8.37. The quantitative estimate of drug-likeness (QED) is 0.518. The number of para-hydroxylation sites is 1. The largest absolute Gasteiger partial charge is 0.369 e. The lowest BCUT2D eigenvalue weighted by Crippen LogP contribution is -2.30. The fraction of sp³-hybridized carbons (Fsp3) is 0.333. The predicted octanol–water partition coefficient (Wildman–Crippen LogP) is 4.88. The molecule has 6 heteroatoms. The lowest BCUT2D eigenvalue weighted by Gasteiger charge is -2.24. The van der Waals surface area contributed by atoms with Crippen molar-refractivity contribution < 1.29 is 0 Å². The number of thiophene rings is 1. The van der Waals surface area contributed by atoms with Crippen LogP contribution in [0.3, 0.4) is 0 Å². The molecule has 5 heterocycles. The van der Waals surface area contributed by atoms with Gasteiger partial charge in [-0.1, -0.05) is 18.2 Å². The van der Waals surface area contributed by atoms with Crippen molar-refractivity contribution in [1.82, 2.24) is 15.0 Å². The van der Waals surface area contributed by atoms with Crippen molar-refractivity contribution in [3.63, 3.8) is 0 Å². The molecule has 0 aliphatic carbocycles. The molecule has 0 amide bonds. The first kappa shape index (κ1) is 18.0. The first-order chi connectivity index (χ1) is 14.7. The van der Waals surface area contributed by atoms with Crippen molar-refractivity contribution in [3.05, 3.63) is 58.5 Å². The molecule has 2 saturated heterocycles. The lowest BCUT2D eigenvalue weighted by atomic mass is 10.0. The van der Waals surface area contributed by atoms with Crippen LogP contribution in [0.2, 0.25) is 0 Å². The van der Waals surface area contributed by atoms with Gasteiger partial charge in [0.15, 0.2) is 0 Å². The fourth-order valence-corrected chi connectivity index (χ4v) is 5.91. The van der Waals surface area contributed by atoms with Crippen LogP contribution in [0.4, 0.5) is 11.6 Å². The molecule has 4 aromatic rings. The van der Waals surface area contributed by atoms with Crippen LogP contribution in [-0.4, -0.2) is 41.1 Å². The molecule has 2 aliphatic heterocycles. The van der Waals surface area contributed by atoms with Crippen LogP contribution < -0.4 is 9.80 Å². The predicted molar refractivity (Wildman–Crippen MR) is 125 cm³/mol. The van der Waals surface area contributed by atoms with E-state index in [2.05, 4.69) is 69.7 Å². The van der Waals surface area contributed by atoms with Gasteiger partial charge in [0.1, 0.15) is 0 Å². The summed E-state index contributed by atoms with van der Waals surface area (Å²) in [7, 11) is 0. The van der Waals surface area contributed by atoms with Gasteiger partial charge in [-0.25, -0.2) is 9.97 Å². The molecule has 0 saturated carbocycles. The SMILES string of the molecule is Cc1cc(C)nc(N2C[C@@H]3CN(c4c(-c5ccsc5)[nH]c5ccccc45)C[C@@H]3C2)n1. The Morgan fingerprint density at radius 1 is 0.933 bits per heavy atom. The number of H-pyrrole nitrogens is 1. The second-order valence-electron chi connectivity index (χ2n) is 8.69. The summed E-state index contributed by atoms with van der Waals surface area (Å²) in [5.74, 6) is 2.20. The van der Waals surface area contributed by atoms with E-state index in [9.17, 15) is 0 Å². The third-order valence-electron chi connectivity index (χ3n) is 6.54. The van der Waals surface area contributed by atoms with Crippen LogP contribution in [-0.2, 0) is 0 Å². The standard InChI is InChI=1S/C24H25N5S/c1-15-9-16(2)26-24(25-15)29-12-18-10-28(11-19(18)13-29)23-20-5-3-4-6-21(20)27-22(23)17-7-8-30-14-17/h3-9,14,18-19,27H,10-13H2,1-2H3/t18-,19+. The molecule has 2 atom stereocenters. The van der Waals surface area contributed by atoms with E-state index in [0.717, 1.165) is 43.5 Å². The Labute approximate surface area is 180 Å². The monoisotopic (exact) mass is 415 g/mol. The van der Waals surface area contributed by atoms with E-state index in [4.69, 9.17) is 9.97 Å². The highest BCUT2D eigenvalue weighted by Crippen LogP contribution is 2.43. The maximum atomic E-state index is 4.70. The Hall–Kier alpha value is -2.86. The first-order valence-electron chi connectivity index (χ1n) is 10.6. The summed E-state index contributed by atoms with van der Waals surface area (Å²) in [6, 6.07) is 13.0. The normalized spacial score (nSPS) is 21.0. The Kier molecular flexibility index (Phi) is 4.09. The minimum atomic E-state index is 0.651. The number of benzene rings is 1. The van der Waals surface area contributed by atoms with E-state index >= 15 is 0 Å². The summed E-state index contributed by atoms with van der Waals surface area (Å²) in [6.07, 6.45) is 0. The van der Waals surface area contributed by atoms with Crippen LogP contribution in [0.1, 0.15) is 11.4 Å². The van der Waals surface area contributed by atoms with Crippen molar-refractivity contribution in [1.29, 1.82) is 0 Å². The van der Waals surface area contributed by atoms with Gasteiger partial charge in [-0.05, 0) is 37.4 Å². The van der Waals surface area contributed by atoms with E-state index in [0.29, 0.717) is 11.8 Å². The summed E-state index contributed by atoms with van der Waals surface area (Å²) >= 11 is 1.75. The molecule has 3 aromatic heterocycles. The topological polar surface area (TPSA) is 48.1 Å². The maximum absolute atomic E-state index is 4.70. The molecule has 0 spiro atoms. The molecule has 30 heavy (non-hydrogen) atoms. The Balaban J connectivity index is 1.30. The zero-order valence-corrected chi connectivity index (χ0v) is 18.1. The van der Waals surface area contributed by atoms with Gasteiger partial charge in [-0.15, -0.1) is 0 Å². The van der Waals surface area contributed by atoms with Crippen molar-refractivity contribution >= 4 is 33.9 Å². The van der Waals surface area contributed by atoms with E-state index in [1.54, 1.807) is 11.3 Å². The first-order valence-corrected chi connectivity index (χ1v) is 11.6. The second-order valence-corrected chi connectivity index (χ2v) is 9.47. The summed E-state index contributed by atoms with van der Waals surface area (Å²) in [4.78, 5) is 18.1. The highest BCUT2D eigenvalue weighted by molar-refractivity contribution is 7.08. The van der Waals surface area contributed by atoms with Crippen LogP contribution in [0, 0.1) is 25.7 Å². The van der Waals surface area contributed by atoms with E-state index < -0.39 is 0 Å². The minimum absolute atomic E-state index is 0.651. The van der Waals surface area contributed by atoms with Crippen molar-refractivity contribution in [2.24, 2.45) is 11.8 Å². The Morgan fingerprint density at radius 2 is 1.63 bits per heavy atom. The van der Waals surface area contributed by atoms with Gasteiger partial charge in [0, 0.05) is 71.2 Å². The molecule has 5 nitrogen and oxygen atoms in total. The molecule has 6 rings (SSSR count). The smallest absolute Gasteiger partial charge is 0.225 e. The van der Waals surface area contributed by atoms with Crippen molar-refractivity contribution in [3.8, 4) is 11.3 Å². The summed E-state index contributed by atoms with van der Waals surface area (Å²) in [5.41, 5.74) is 7.23. The number of rotatable bonds is 3. The lowest BCUT2D eigenvalue weighted by molar-refractivity contribution is 0.533. The van der Waals surface area contributed by atoms with Crippen molar-refractivity contribution in [2.45, 2.75) is 13.8 Å². The van der Waals surface area contributed by atoms with Gasteiger partial charge in [-0.3, -0.25) is 0 Å². The summed E-state index contributed by atoms with van der Waals surface area (Å²) < 4.78 is 0. The number of aromatic nitrogens is 3. The second kappa shape index (κ2) is 6.84. The van der Waals surface area contributed by atoms with E-state index in [-0.39, 0.29) is 0 Å². The molecule has 0 unspecified atom stereocenters. The van der Waals surface area contributed by atoms with Crippen molar-refractivity contribution in [2.75, 3.05) is 36.0 Å². The fourth-order valence-electron chi connectivity index (χ4n) is 5.26. The molecule has 0 radical (unpaired) electrons. The Bertz CT molecular complexity index is 1180. The third kappa shape index (κ3) is 2.89. The number of aryl methyl sites for hydroxylation is 2. The number of hydrogen-bond acceptors (Lipinski definition) is 5. The Morgan fingerprint density at radius 3 is 2.33 bits per heavy atom. The molecular weight excluding hydrogens is 390 g/mol. The molecule has 2 fully saturated rings. The number of fused-ring (bicyclic) bond motifs is 2. The minimum Gasteiger partial charge on any atom is -0.369 e. The van der Waals surface area contributed by atoms with Crippen LogP contribution >= 0.6 is 11.3 Å². The average molecular weight is 416 g/mol. The number of aromatic amines is 1. The molecule has 2 aliphatic rings. The molecule has 1 N–H and O–H groups in total. The number of nitrogens with zero attached hydrogens (tertiary/aromatic N) is 4. The number of nitrogens with one attached hydrogen (secondary N) is 1.